The van der Waals surface area contributed by atoms with Gasteiger partial charge in [0.2, 0.25) is 5.82 Å². The van der Waals surface area contributed by atoms with Crippen LogP contribution >= 0.6 is 0 Å². The molecule has 1 aromatic heterocycles. The third-order valence-electron chi connectivity index (χ3n) is 5.14. The van der Waals surface area contributed by atoms with E-state index in [0.29, 0.717) is 5.56 Å². The fourth-order valence-electron chi connectivity index (χ4n) is 3.53. The Bertz CT molecular complexity index is 952. The monoisotopic (exact) mass is 406 g/mol. The minimum atomic E-state index is -1.23. The molecule has 4 atom stereocenters. The minimum Gasteiger partial charge on any atom is -0.493 e. The number of hydrogen-bond acceptors (Lipinski definition) is 5. The molecule has 0 bridgehead atoms. The van der Waals surface area contributed by atoms with E-state index in [1.807, 2.05) is 6.92 Å². The first kappa shape index (κ1) is 20.7. The zero-order chi connectivity index (χ0) is 21.3. The number of carbonyl (C=O) groups excluding carboxylic acids is 1. The lowest BCUT2D eigenvalue weighted by Gasteiger charge is -2.23. The van der Waals surface area contributed by atoms with Gasteiger partial charge in [0.05, 0.1) is 13.2 Å². The number of rotatable bonds is 5. The average Bonchev–Trinajstić information content (AvgIpc) is 2.99. The lowest BCUT2D eigenvalue weighted by atomic mass is 9.82. The maximum Gasteiger partial charge on any atom is 0.354 e. The van der Waals surface area contributed by atoms with Gasteiger partial charge in [-0.2, -0.15) is 4.39 Å². The van der Waals surface area contributed by atoms with Crippen LogP contribution in [0.5, 0.6) is 5.75 Å². The highest BCUT2D eigenvalue weighted by Crippen LogP contribution is 2.44. The Morgan fingerprint density at radius 1 is 1.24 bits per heavy atom. The normalized spacial score (nSPS) is 23.6. The first-order valence-electron chi connectivity index (χ1n) is 8.92. The van der Waals surface area contributed by atoms with E-state index >= 15 is 0 Å². The summed E-state index contributed by atoms with van der Waals surface area (Å²) in [5, 5.41) is 11.6. The van der Waals surface area contributed by atoms with Gasteiger partial charge in [0.1, 0.15) is 11.8 Å². The van der Waals surface area contributed by atoms with Crippen molar-refractivity contribution < 1.29 is 33.0 Å². The van der Waals surface area contributed by atoms with E-state index in [9.17, 15) is 18.4 Å². The number of nitrogens with one attached hydrogen (secondary N) is 1. The lowest BCUT2D eigenvalue weighted by molar-refractivity contribution is -0.127. The Balaban J connectivity index is 1.94. The summed E-state index contributed by atoms with van der Waals surface area (Å²) in [6.45, 7) is 3.63. The van der Waals surface area contributed by atoms with Gasteiger partial charge in [-0.25, -0.2) is 14.2 Å². The number of carbonyl (C=O) groups is 2. The number of pyridine rings is 1. The van der Waals surface area contributed by atoms with E-state index in [1.54, 1.807) is 6.92 Å². The molecule has 1 aliphatic rings. The molecule has 1 aliphatic heterocycles. The van der Waals surface area contributed by atoms with Gasteiger partial charge >= 0.3 is 5.97 Å². The van der Waals surface area contributed by atoms with Crippen LogP contribution in [0.4, 0.5) is 14.5 Å². The topological polar surface area (TPSA) is 97.8 Å². The number of halogens is 2. The van der Waals surface area contributed by atoms with Crippen molar-refractivity contribution in [3.05, 3.63) is 53.4 Å². The molecule has 154 valence electrons. The van der Waals surface area contributed by atoms with Gasteiger partial charge in [-0.05, 0) is 31.0 Å². The molecular formula is C20H20F2N2O5. The molecule has 0 aliphatic carbocycles. The van der Waals surface area contributed by atoms with Crippen LogP contribution in [0.1, 0.15) is 35.8 Å². The van der Waals surface area contributed by atoms with Crippen molar-refractivity contribution >= 4 is 17.6 Å². The molecule has 2 heterocycles. The molecule has 0 unspecified atom stereocenters. The quantitative estimate of drug-likeness (QED) is 0.791. The van der Waals surface area contributed by atoms with Crippen molar-refractivity contribution in [2.24, 2.45) is 5.92 Å². The smallest absolute Gasteiger partial charge is 0.354 e. The van der Waals surface area contributed by atoms with Crippen molar-refractivity contribution in [1.29, 1.82) is 0 Å². The number of methoxy groups -OCH3 is 1. The molecule has 1 fully saturated rings. The molecule has 0 radical (unpaired) electrons. The zero-order valence-corrected chi connectivity index (χ0v) is 16.0. The number of amides is 1. The van der Waals surface area contributed by atoms with Gasteiger partial charge < -0.3 is 19.9 Å². The van der Waals surface area contributed by atoms with E-state index in [1.165, 1.54) is 31.5 Å². The third kappa shape index (κ3) is 3.91. The molecule has 29 heavy (non-hydrogen) atoms. The fraction of sp³-hybridized carbons (Fsp3) is 0.350. The predicted octanol–water partition coefficient (Wildman–Crippen LogP) is 3.21. The first-order chi connectivity index (χ1) is 13.7. The second-order valence-corrected chi connectivity index (χ2v) is 6.85. The molecule has 2 N–H and O–H groups in total. The molecule has 7 nitrogen and oxygen atoms in total. The molecule has 1 saturated heterocycles. The van der Waals surface area contributed by atoms with Crippen LogP contribution in [-0.2, 0) is 9.53 Å². The number of aromatic nitrogens is 1. The standard InChI is InChI=1S/C20H20F2N2O5/c1-9-10(2)29-18(15(9)12-4-5-13(21)16(22)17(12)28-3)19(25)24-11-6-7-23-14(8-11)20(26)27/h4-10,15,18H,1-3H3,(H,26,27)(H,23,24,25)/t9-,10-,15+,18-/m1/s1. The highest BCUT2D eigenvalue weighted by Gasteiger charge is 2.46. The molecule has 1 aromatic carbocycles. The number of ether oxygens (including phenoxy) is 2. The van der Waals surface area contributed by atoms with Crippen molar-refractivity contribution in [3.63, 3.8) is 0 Å². The van der Waals surface area contributed by atoms with Gasteiger partial charge in [-0.3, -0.25) is 4.79 Å². The van der Waals surface area contributed by atoms with Crippen LogP contribution in [0.3, 0.4) is 0 Å². The third-order valence-corrected chi connectivity index (χ3v) is 5.14. The summed E-state index contributed by atoms with van der Waals surface area (Å²) in [5.74, 6) is -5.02. The molecular weight excluding hydrogens is 386 g/mol. The van der Waals surface area contributed by atoms with Crippen LogP contribution in [0.25, 0.3) is 0 Å². The van der Waals surface area contributed by atoms with Crippen LogP contribution in [0.15, 0.2) is 30.5 Å². The van der Waals surface area contributed by atoms with Crippen LogP contribution in [-0.4, -0.2) is 41.3 Å². The summed E-state index contributed by atoms with van der Waals surface area (Å²) in [6, 6.07) is 5.03. The van der Waals surface area contributed by atoms with Crippen LogP contribution in [0, 0.1) is 17.6 Å². The molecule has 9 heteroatoms. The number of nitrogens with zero attached hydrogens (tertiary/aromatic N) is 1. The van der Waals surface area contributed by atoms with Crippen LogP contribution in [0.2, 0.25) is 0 Å². The van der Waals surface area contributed by atoms with E-state index in [-0.39, 0.29) is 29.2 Å². The number of benzene rings is 1. The number of carboxylic acids is 1. The van der Waals surface area contributed by atoms with Gasteiger partial charge in [0.15, 0.2) is 11.6 Å². The molecule has 0 saturated carbocycles. The van der Waals surface area contributed by atoms with Gasteiger partial charge in [-0.1, -0.05) is 13.0 Å². The van der Waals surface area contributed by atoms with Crippen LogP contribution < -0.4 is 10.1 Å². The van der Waals surface area contributed by atoms with Crippen molar-refractivity contribution in [1.82, 2.24) is 4.98 Å². The highest BCUT2D eigenvalue weighted by molar-refractivity contribution is 5.96. The molecule has 2 aromatic rings. The Labute approximate surface area is 165 Å². The van der Waals surface area contributed by atoms with E-state index in [4.69, 9.17) is 14.6 Å². The number of aromatic carboxylic acids is 1. The maximum atomic E-state index is 14.2. The maximum absolute atomic E-state index is 14.2. The van der Waals surface area contributed by atoms with Crippen molar-refractivity contribution in [3.8, 4) is 5.75 Å². The fourth-order valence-corrected chi connectivity index (χ4v) is 3.53. The first-order valence-corrected chi connectivity index (χ1v) is 8.92. The summed E-state index contributed by atoms with van der Waals surface area (Å²) in [5.41, 5.74) is 0.328. The molecule has 0 spiro atoms. The summed E-state index contributed by atoms with van der Waals surface area (Å²) in [7, 11) is 1.23. The highest BCUT2D eigenvalue weighted by atomic mass is 19.2. The average molecular weight is 406 g/mol. The van der Waals surface area contributed by atoms with Gasteiger partial charge in [-0.15, -0.1) is 0 Å². The second kappa shape index (κ2) is 8.12. The molecule has 1 amide bonds. The number of hydrogen-bond donors (Lipinski definition) is 2. The summed E-state index contributed by atoms with van der Waals surface area (Å²) in [6.07, 6.45) is -0.0869. The Morgan fingerprint density at radius 3 is 2.62 bits per heavy atom. The Hall–Kier alpha value is -3.07. The predicted molar refractivity (Wildman–Crippen MR) is 99.0 cm³/mol. The lowest BCUT2D eigenvalue weighted by Crippen LogP contribution is -2.33. The summed E-state index contributed by atoms with van der Waals surface area (Å²) >= 11 is 0. The van der Waals surface area contributed by atoms with E-state index < -0.39 is 35.5 Å². The summed E-state index contributed by atoms with van der Waals surface area (Å²) in [4.78, 5) is 27.7. The second-order valence-electron chi connectivity index (χ2n) is 6.85. The number of anilines is 1. The largest absolute Gasteiger partial charge is 0.493 e. The Kier molecular flexibility index (Phi) is 5.78. The van der Waals surface area contributed by atoms with E-state index in [2.05, 4.69) is 10.3 Å². The van der Waals surface area contributed by atoms with Gasteiger partial charge in [0.25, 0.3) is 5.91 Å². The zero-order valence-electron chi connectivity index (χ0n) is 16.0. The van der Waals surface area contributed by atoms with Gasteiger partial charge in [0, 0.05) is 23.4 Å². The Morgan fingerprint density at radius 2 is 1.97 bits per heavy atom. The van der Waals surface area contributed by atoms with E-state index in [0.717, 1.165) is 6.07 Å². The van der Waals surface area contributed by atoms with Crippen molar-refractivity contribution in [2.45, 2.75) is 32.0 Å². The SMILES string of the molecule is COc1c([C@@H]2[C@H](C)[C@@H](C)O[C@H]2C(=O)Nc2ccnc(C(=O)O)c2)ccc(F)c1F. The summed E-state index contributed by atoms with van der Waals surface area (Å²) < 4.78 is 38.7. The molecule has 3 rings (SSSR count). The van der Waals surface area contributed by atoms with Crippen molar-refractivity contribution in [2.75, 3.05) is 12.4 Å². The minimum absolute atomic E-state index is 0.198. The number of carboxylic acid groups (broad SMARTS) is 1.